The number of benzene rings is 1. The summed E-state index contributed by atoms with van der Waals surface area (Å²) in [5, 5.41) is 11.1. The Kier molecular flexibility index (Phi) is 7.02. The molecule has 1 aliphatic heterocycles. The second-order valence-corrected chi connectivity index (χ2v) is 5.71. The largest absolute Gasteiger partial charge is 0.394 e. The first-order valence-corrected chi connectivity index (χ1v) is 8.19. The zero-order chi connectivity index (χ0) is 17.4. The normalized spacial score (nSPS) is 14.6. The van der Waals surface area contributed by atoms with Crippen LogP contribution in [0.4, 0.5) is 5.69 Å². The van der Waals surface area contributed by atoms with Gasteiger partial charge >= 0.3 is 11.8 Å². The van der Waals surface area contributed by atoms with Crippen LogP contribution in [0.5, 0.6) is 0 Å². The molecule has 7 heteroatoms. The van der Waals surface area contributed by atoms with E-state index in [9.17, 15) is 9.59 Å². The van der Waals surface area contributed by atoms with Gasteiger partial charge in [0.15, 0.2) is 0 Å². The van der Waals surface area contributed by atoms with Crippen LogP contribution in [0.15, 0.2) is 24.3 Å². The lowest BCUT2D eigenvalue weighted by molar-refractivity contribution is -0.146. The number of piperazine rings is 1. The van der Waals surface area contributed by atoms with Gasteiger partial charge in [-0.1, -0.05) is 12.1 Å². The highest BCUT2D eigenvalue weighted by Gasteiger charge is 2.25. The van der Waals surface area contributed by atoms with Gasteiger partial charge in [-0.2, -0.15) is 0 Å². The van der Waals surface area contributed by atoms with Crippen molar-refractivity contribution in [1.29, 1.82) is 0 Å². The number of anilines is 1. The Morgan fingerprint density at radius 3 is 2.62 bits per heavy atom. The highest BCUT2D eigenvalue weighted by atomic mass is 16.5. The number of hydrogen-bond acceptors (Lipinski definition) is 5. The van der Waals surface area contributed by atoms with Gasteiger partial charge in [-0.05, 0) is 24.6 Å². The molecule has 2 rings (SSSR count). The molecule has 1 fully saturated rings. The number of amides is 2. The van der Waals surface area contributed by atoms with Crippen LogP contribution in [0.3, 0.4) is 0 Å². The molecule has 1 saturated heterocycles. The quantitative estimate of drug-likeness (QED) is 0.554. The van der Waals surface area contributed by atoms with E-state index in [1.165, 1.54) is 5.56 Å². The SMILES string of the molecule is Cc1cccc(N2CCN(C(=O)C(=O)NCCOCCO)CC2)c1. The molecular formula is C17H25N3O4. The third-order valence-corrected chi connectivity index (χ3v) is 3.90. The van der Waals surface area contributed by atoms with E-state index >= 15 is 0 Å². The molecule has 0 saturated carbocycles. The second-order valence-electron chi connectivity index (χ2n) is 5.71. The summed E-state index contributed by atoms with van der Waals surface area (Å²) in [5.41, 5.74) is 2.35. The number of carbonyl (C=O) groups excluding carboxylic acids is 2. The average molecular weight is 335 g/mol. The van der Waals surface area contributed by atoms with Gasteiger partial charge in [0.05, 0.1) is 19.8 Å². The molecule has 1 aromatic rings. The van der Waals surface area contributed by atoms with Crippen LogP contribution in [0, 0.1) is 6.92 Å². The Hall–Kier alpha value is -2.12. The molecule has 7 nitrogen and oxygen atoms in total. The van der Waals surface area contributed by atoms with E-state index in [4.69, 9.17) is 9.84 Å². The highest BCUT2D eigenvalue weighted by molar-refractivity contribution is 6.35. The van der Waals surface area contributed by atoms with Gasteiger partial charge in [-0.15, -0.1) is 0 Å². The minimum atomic E-state index is -0.605. The maximum atomic E-state index is 12.1. The van der Waals surface area contributed by atoms with Crippen molar-refractivity contribution in [2.24, 2.45) is 0 Å². The Balaban J connectivity index is 1.75. The summed E-state index contributed by atoms with van der Waals surface area (Å²) in [5.74, 6) is -1.10. The maximum Gasteiger partial charge on any atom is 0.312 e. The van der Waals surface area contributed by atoms with Gasteiger partial charge in [-0.25, -0.2) is 0 Å². The topological polar surface area (TPSA) is 82.1 Å². The van der Waals surface area contributed by atoms with Gasteiger partial charge in [0.25, 0.3) is 0 Å². The van der Waals surface area contributed by atoms with E-state index in [2.05, 4.69) is 35.3 Å². The van der Waals surface area contributed by atoms with Crippen molar-refractivity contribution in [2.45, 2.75) is 6.92 Å². The number of aliphatic hydroxyl groups excluding tert-OH is 1. The molecule has 2 N–H and O–H groups in total. The van der Waals surface area contributed by atoms with Gasteiger partial charge in [0, 0.05) is 38.4 Å². The fourth-order valence-electron chi connectivity index (χ4n) is 2.61. The van der Waals surface area contributed by atoms with Crippen LogP contribution in [0.25, 0.3) is 0 Å². The third kappa shape index (κ3) is 5.21. The van der Waals surface area contributed by atoms with Crippen LogP contribution in [0.2, 0.25) is 0 Å². The number of rotatable bonds is 6. The molecule has 24 heavy (non-hydrogen) atoms. The number of ether oxygens (including phenoxy) is 1. The summed E-state index contributed by atoms with van der Waals surface area (Å²) in [6, 6.07) is 8.26. The van der Waals surface area contributed by atoms with E-state index in [-0.39, 0.29) is 26.4 Å². The average Bonchev–Trinajstić information content (AvgIpc) is 2.61. The number of hydrogen-bond donors (Lipinski definition) is 2. The molecule has 0 aromatic heterocycles. The predicted molar refractivity (Wildman–Crippen MR) is 90.9 cm³/mol. The fraction of sp³-hybridized carbons (Fsp3) is 0.529. The molecule has 1 aliphatic rings. The minimum Gasteiger partial charge on any atom is -0.394 e. The maximum absolute atomic E-state index is 12.1. The van der Waals surface area contributed by atoms with Crippen molar-refractivity contribution in [1.82, 2.24) is 10.2 Å². The van der Waals surface area contributed by atoms with Crippen molar-refractivity contribution in [3.63, 3.8) is 0 Å². The first-order valence-electron chi connectivity index (χ1n) is 8.19. The first kappa shape index (κ1) is 18.2. The smallest absolute Gasteiger partial charge is 0.312 e. The standard InChI is InChI=1S/C17H25N3O4/c1-14-3-2-4-15(13-14)19-6-8-20(9-7-19)17(23)16(22)18-5-11-24-12-10-21/h2-4,13,21H,5-12H2,1H3,(H,18,22). The zero-order valence-electron chi connectivity index (χ0n) is 14.0. The molecule has 0 atom stereocenters. The van der Waals surface area contributed by atoms with E-state index in [0.717, 1.165) is 5.69 Å². The van der Waals surface area contributed by atoms with Crippen molar-refractivity contribution < 1.29 is 19.4 Å². The Labute approximate surface area is 142 Å². The highest BCUT2D eigenvalue weighted by Crippen LogP contribution is 2.17. The monoisotopic (exact) mass is 335 g/mol. The molecule has 0 bridgehead atoms. The van der Waals surface area contributed by atoms with Gasteiger partial charge in [0.2, 0.25) is 0 Å². The number of aryl methyl sites for hydroxylation is 1. The molecule has 1 heterocycles. The molecule has 0 spiro atoms. The summed E-state index contributed by atoms with van der Waals surface area (Å²) in [7, 11) is 0. The zero-order valence-corrected chi connectivity index (χ0v) is 14.0. The molecule has 0 unspecified atom stereocenters. The van der Waals surface area contributed by atoms with Gasteiger partial charge in [0.1, 0.15) is 0 Å². The summed E-state index contributed by atoms with van der Waals surface area (Å²) in [4.78, 5) is 27.8. The van der Waals surface area contributed by atoms with Gasteiger partial charge < -0.3 is 25.0 Å². The van der Waals surface area contributed by atoms with E-state index in [0.29, 0.717) is 26.2 Å². The summed E-state index contributed by atoms with van der Waals surface area (Å²) >= 11 is 0. The van der Waals surface area contributed by atoms with Crippen molar-refractivity contribution >= 4 is 17.5 Å². The summed E-state index contributed by atoms with van der Waals surface area (Å²) in [6.45, 7) is 5.24. The molecule has 2 amide bonds. The van der Waals surface area contributed by atoms with Crippen LogP contribution < -0.4 is 10.2 Å². The predicted octanol–water partition coefficient (Wildman–Crippen LogP) is -0.231. The molecule has 0 aliphatic carbocycles. The van der Waals surface area contributed by atoms with Crippen LogP contribution in [0.1, 0.15) is 5.56 Å². The summed E-state index contributed by atoms with van der Waals surface area (Å²) in [6.07, 6.45) is 0. The van der Waals surface area contributed by atoms with Crippen LogP contribution >= 0.6 is 0 Å². The lowest BCUT2D eigenvalue weighted by Crippen LogP contribution is -2.53. The van der Waals surface area contributed by atoms with E-state index < -0.39 is 11.8 Å². The van der Waals surface area contributed by atoms with Crippen molar-refractivity contribution in [3.8, 4) is 0 Å². The lowest BCUT2D eigenvalue weighted by atomic mass is 10.2. The van der Waals surface area contributed by atoms with E-state index in [1.807, 2.05) is 6.07 Å². The molecular weight excluding hydrogens is 310 g/mol. The second kappa shape index (κ2) is 9.24. The first-order chi connectivity index (χ1) is 11.6. The third-order valence-electron chi connectivity index (χ3n) is 3.90. The fourth-order valence-corrected chi connectivity index (χ4v) is 2.61. The number of aliphatic hydroxyl groups is 1. The summed E-state index contributed by atoms with van der Waals surface area (Å²) < 4.78 is 5.03. The lowest BCUT2D eigenvalue weighted by Gasteiger charge is -2.35. The Morgan fingerprint density at radius 1 is 1.21 bits per heavy atom. The van der Waals surface area contributed by atoms with Crippen molar-refractivity contribution in [2.75, 3.05) is 57.4 Å². The van der Waals surface area contributed by atoms with Gasteiger partial charge in [-0.3, -0.25) is 9.59 Å². The molecule has 132 valence electrons. The Morgan fingerprint density at radius 2 is 1.96 bits per heavy atom. The Bertz CT molecular complexity index is 557. The molecule has 1 aromatic carbocycles. The number of nitrogens with zero attached hydrogens (tertiary/aromatic N) is 2. The van der Waals surface area contributed by atoms with Crippen molar-refractivity contribution in [3.05, 3.63) is 29.8 Å². The van der Waals surface area contributed by atoms with Crippen LogP contribution in [-0.2, 0) is 14.3 Å². The number of carbonyl (C=O) groups is 2. The van der Waals surface area contributed by atoms with Crippen LogP contribution in [-0.4, -0.2) is 74.4 Å². The van der Waals surface area contributed by atoms with E-state index in [1.54, 1.807) is 4.90 Å². The molecule has 0 radical (unpaired) electrons. The minimum absolute atomic E-state index is 0.0574. The number of nitrogens with one attached hydrogen (secondary N) is 1.